The molecule has 0 aliphatic carbocycles. The third-order valence-electron chi connectivity index (χ3n) is 5.32. The van der Waals surface area contributed by atoms with Crippen molar-refractivity contribution < 1.29 is 18.9 Å². The monoisotopic (exact) mass is 419 g/mol. The Morgan fingerprint density at radius 2 is 2.13 bits per heavy atom. The molecule has 164 valence electrons. The fourth-order valence-corrected chi connectivity index (χ4v) is 3.66. The number of nitrogens with two attached hydrogens (primary N) is 1. The molecule has 0 spiro atoms. The van der Waals surface area contributed by atoms with Gasteiger partial charge in [0.25, 0.3) is 0 Å². The van der Waals surface area contributed by atoms with E-state index in [1.807, 2.05) is 0 Å². The Balaban J connectivity index is 1.58. The molecule has 9 heteroatoms. The molecule has 1 aromatic carbocycles. The highest BCUT2D eigenvalue weighted by molar-refractivity contribution is 5.78. The van der Waals surface area contributed by atoms with Gasteiger partial charge in [0.2, 0.25) is 17.7 Å². The van der Waals surface area contributed by atoms with E-state index in [0.29, 0.717) is 24.6 Å². The van der Waals surface area contributed by atoms with Crippen molar-refractivity contribution in [3.63, 3.8) is 0 Å². The molecule has 1 aliphatic rings. The van der Waals surface area contributed by atoms with Gasteiger partial charge in [-0.05, 0) is 37.5 Å². The van der Waals surface area contributed by atoms with Gasteiger partial charge in [0.1, 0.15) is 6.04 Å². The third kappa shape index (κ3) is 5.40. The molecular formula is C21H30FN5O3. The predicted molar refractivity (Wildman–Crippen MR) is 111 cm³/mol. The predicted octanol–water partition coefficient (Wildman–Crippen LogP) is 4.46. The number of likely N-dealkylation sites (tertiary alicyclic amines) is 1. The van der Waals surface area contributed by atoms with Gasteiger partial charge in [-0.3, -0.25) is 0 Å². The van der Waals surface area contributed by atoms with Crippen LogP contribution in [-0.2, 0) is 0 Å². The number of guanidine groups is 1. The molecule has 1 aromatic heterocycles. The summed E-state index contributed by atoms with van der Waals surface area (Å²) in [7, 11) is 0. The van der Waals surface area contributed by atoms with Gasteiger partial charge in [-0.25, -0.2) is 4.39 Å². The molecule has 0 bridgehead atoms. The lowest BCUT2D eigenvalue weighted by Crippen LogP contribution is -2.36. The van der Waals surface area contributed by atoms with E-state index in [1.54, 1.807) is 17.0 Å². The molecule has 0 radical (unpaired) electrons. The number of oxime groups is 1. The molecule has 0 unspecified atom stereocenters. The number of rotatable bonds is 10. The van der Waals surface area contributed by atoms with E-state index in [1.165, 1.54) is 31.7 Å². The minimum atomic E-state index is -0.455. The van der Waals surface area contributed by atoms with E-state index in [4.69, 9.17) is 20.2 Å². The average Bonchev–Trinajstić information content (AvgIpc) is 3.43. The summed E-state index contributed by atoms with van der Waals surface area (Å²) >= 11 is 0. The Morgan fingerprint density at radius 1 is 1.33 bits per heavy atom. The number of halogens is 1. The number of ether oxygens (including phenoxy) is 1. The summed E-state index contributed by atoms with van der Waals surface area (Å²) in [5.74, 6) is 0.430. The zero-order valence-corrected chi connectivity index (χ0v) is 17.4. The average molecular weight is 420 g/mol. The first-order valence-electron chi connectivity index (χ1n) is 10.6. The smallest absolute Gasteiger partial charge is 0.249 e. The molecule has 3 rings (SSSR count). The van der Waals surface area contributed by atoms with Gasteiger partial charge in [-0.1, -0.05) is 49.3 Å². The summed E-state index contributed by atoms with van der Waals surface area (Å²) in [6.07, 6.45) is 8.52. The molecule has 0 saturated carbocycles. The number of hydrogen-bond acceptors (Lipinski definition) is 6. The van der Waals surface area contributed by atoms with Crippen molar-refractivity contribution in [3.05, 3.63) is 29.9 Å². The van der Waals surface area contributed by atoms with Gasteiger partial charge in [-0.15, -0.1) is 0 Å². The zero-order chi connectivity index (χ0) is 21.3. The van der Waals surface area contributed by atoms with Crippen LogP contribution < -0.4 is 10.5 Å². The molecule has 1 atom stereocenters. The Hall–Kier alpha value is -2.84. The summed E-state index contributed by atoms with van der Waals surface area (Å²) in [6, 6.07) is 4.40. The second kappa shape index (κ2) is 10.8. The maximum Gasteiger partial charge on any atom is 0.249 e. The van der Waals surface area contributed by atoms with E-state index in [0.717, 1.165) is 25.7 Å². The first-order chi connectivity index (χ1) is 14.6. The number of unbranched alkanes of at least 4 members (excludes halogenated alkanes) is 5. The lowest BCUT2D eigenvalue weighted by atomic mass is 10.1. The van der Waals surface area contributed by atoms with Crippen LogP contribution in [0.5, 0.6) is 5.75 Å². The van der Waals surface area contributed by atoms with Crippen molar-refractivity contribution in [1.29, 1.82) is 0 Å². The Labute approximate surface area is 175 Å². The SMILES string of the molecule is CCCCCCCCOc1ccc(-c2noc([C@@H]3CCCN3/C(N)=N/O)n2)cc1F. The molecule has 3 N–H and O–H groups in total. The maximum atomic E-state index is 14.5. The fraction of sp³-hybridized carbons (Fsp3) is 0.571. The first-order valence-corrected chi connectivity index (χ1v) is 10.6. The first kappa shape index (κ1) is 21.9. The fourth-order valence-electron chi connectivity index (χ4n) is 3.66. The lowest BCUT2D eigenvalue weighted by Gasteiger charge is -2.21. The number of aromatic nitrogens is 2. The molecule has 2 aromatic rings. The zero-order valence-electron chi connectivity index (χ0n) is 17.4. The second-order valence-electron chi connectivity index (χ2n) is 7.53. The van der Waals surface area contributed by atoms with Gasteiger partial charge >= 0.3 is 0 Å². The van der Waals surface area contributed by atoms with Crippen LogP contribution in [0.1, 0.15) is 70.2 Å². The van der Waals surface area contributed by atoms with Crippen molar-refractivity contribution in [2.75, 3.05) is 13.2 Å². The van der Waals surface area contributed by atoms with Crippen molar-refractivity contribution in [1.82, 2.24) is 15.0 Å². The second-order valence-corrected chi connectivity index (χ2v) is 7.53. The van der Waals surface area contributed by atoms with Crippen LogP contribution in [0.2, 0.25) is 0 Å². The van der Waals surface area contributed by atoms with Crippen LogP contribution >= 0.6 is 0 Å². The largest absolute Gasteiger partial charge is 0.491 e. The Bertz CT molecular complexity index is 842. The molecule has 1 saturated heterocycles. The topological polar surface area (TPSA) is 110 Å². The summed E-state index contributed by atoms with van der Waals surface area (Å²) in [5.41, 5.74) is 6.22. The van der Waals surface area contributed by atoms with Crippen LogP contribution in [-0.4, -0.2) is 39.4 Å². The minimum absolute atomic E-state index is 0.00941. The highest BCUT2D eigenvalue weighted by Gasteiger charge is 2.32. The molecule has 0 amide bonds. The van der Waals surface area contributed by atoms with E-state index < -0.39 is 5.82 Å². The van der Waals surface area contributed by atoms with E-state index in [9.17, 15) is 4.39 Å². The van der Waals surface area contributed by atoms with Gasteiger partial charge < -0.3 is 25.1 Å². The van der Waals surface area contributed by atoms with E-state index in [-0.39, 0.29) is 23.6 Å². The highest BCUT2D eigenvalue weighted by Crippen LogP contribution is 2.32. The van der Waals surface area contributed by atoms with Crippen LogP contribution in [0.4, 0.5) is 4.39 Å². The van der Waals surface area contributed by atoms with Crippen LogP contribution in [0, 0.1) is 5.82 Å². The minimum Gasteiger partial charge on any atom is -0.491 e. The maximum absolute atomic E-state index is 14.5. The van der Waals surface area contributed by atoms with Crippen LogP contribution in [0.3, 0.4) is 0 Å². The molecule has 1 aliphatic heterocycles. The van der Waals surface area contributed by atoms with Crippen molar-refractivity contribution in [2.45, 2.75) is 64.3 Å². The van der Waals surface area contributed by atoms with Gasteiger partial charge in [-0.2, -0.15) is 4.98 Å². The summed E-state index contributed by atoms with van der Waals surface area (Å²) in [6.45, 7) is 3.33. The van der Waals surface area contributed by atoms with Gasteiger partial charge in [0.15, 0.2) is 11.6 Å². The Morgan fingerprint density at radius 3 is 2.90 bits per heavy atom. The highest BCUT2D eigenvalue weighted by atomic mass is 19.1. The van der Waals surface area contributed by atoms with E-state index in [2.05, 4.69) is 22.2 Å². The van der Waals surface area contributed by atoms with Crippen molar-refractivity contribution in [3.8, 4) is 17.1 Å². The van der Waals surface area contributed by atoms with Gasteiger partial charge in [0, 0.05) is 12.1 Å². The summed E-state index contributed by atoms with van der Waals surface area (Å²) < 4.78 is 25.4. The molecule has 1 fully saturated rings. The number of nitrogens with zero attached hydrogens (tertiary/aromatic N) is 4. The van der Waals surface area contributed by atoms with Crippen molar-refractivity contribution >= 4 is 5.96 Å². The molecule has 8 nitrogen and oxygen atoms in total. The van der Waals surface area contributed by atoms with E-state index >= 15 is 0 Å². The third-order valence-corrected chi connectivity index (χ3v) is 5.32. The molecule has 2 heterocycles. The standard InChI is InChI=1S/C21H30FN5O3/c1-2-3-4-5-6-7-13-29-18-11-10-15(14-16(18)22)19-24-20(30-26-19)17-9-8-12-27(17)21(23)25-28/h10-11,14,17,28H,2-9,12-13H2,1H3,(H2,23,25)/t17-/m0/s1. The molecular weight excluding hydrogens is 389 g/mol. The van der Waals surface area contributed by atoms with Crippen LogP contribution in [0.15, 0.2) is 27.9 Å². The summed E-state index contributed by atoms with van der Waals surface area (Å²) in [5, 5.41) is 15.9. The van der Waals surface area contributed by atoms with Gasteiger partial charge in [0.05, 0.1) is 6.61 Å². The normalized spacial score (nSPS) is 16.9. The Kier molecular flexibility index (Phi) is 7.87. The quantitative estimate of drug-likeness (QED) is 0.192. The molecule has 30 heavy (non-hydrogen) atoms. The number of benzene rings is 1. The van der Waals surface area contributed by atoms with Crippen LogP contribution in [0.25, 0.3) is 11.4 Å². The number of hydrogen-bond donors (Lipinski definition) is 2. The lowest BCUT2D eigenvalue weighted by molar-refractivity contribution is 0.263. The van der Waals surface area contributed by atoms with Crippen molar-refractivity contribution in [2.24, 2.45) is 10.9 Å². The summed E-state index contributed by atoms with van der Waals surface area (Å²) in [4.78, 5) is 6.10.